The molecule has 63 heavy (non-hydrogen) atoms. The second-order valence-corrected chi connectivity index (χ2v) is 21.3. The van der Waals surface area contributed by atoms with Gasteiger partial charge in [-0.25, -0.2) is 48.2 Å². The van der Waals surface area contributed by atoms with E-state index in [1.165, 1.54) is 30.5 Å². The van der Waals surface area contributed by atoms with Crippen LogP contribution in [0.25, 0.3) is 22.3 Å². The molecule has 5 N–H and O–H groups in total. The minimum absolute atomic E-state index is 0.0215. The Hall–Kier alpha value is -4.27. The summed E-state index contributed by atoms with van der Waals surface area (Å²) in [6, 6.07) is -0.881. The Morgan fingerprint density at radius 3 is 2.46 bits per heavy atom. The van der Waals surface area contributed by atoms with Crippen molar-refractivity contribution in [2.75, 3.05) is 38.3 Å². The summed E-state index contributed by atoms with van der Waals surface area (Å²) < 4.78 is 89.9. The zero-order valence-corrected chi connectivity index (χ0v) is 36.9. The molecule has 6 heterocycles. The third kappa shape index (κ3) is 8.93. The number of phosphoric ester groups is 1. The van der Waals surface area contributed by atoms with Crippen molar-refractivity contribution in [3.05, 3.63) is 35.2 Å². The number of carbonyl (C=O) groups excluding carboxylic acids is 2. The number of imidazole rings is 2. The first kappa shape index (κ1) is 45.3. The molecule has 2 aliphatic carbocycles. The Morgan fingerprint density at radius 1 is 1.02 bits per heavy atom. The van der Waals surface area contributed by atoms with Gasteiger partial charge in [0, 0.05) is 22.7 Å². The van der Waals surface area contributed by atoms with Crippen LogP contribution in [0.3, 0.4) is 0 Å². The van der Waals surface area contributed by atoms with Gasteiger partial charge in [-0.05, 0) is 47.0 Å². The van der Waals surface area contributed by atoms with Crippen molar-refractivity contribution >= 4 is 66.5 Å². The highest BCUT2D eigenvalue weighted by Gasteiger charge is 2.74. The summed E-state index contributed by atoms with van der Waals surface area (Å²) in [5.74, 6) is -2.05. The Balaban J connectivity index is 1.19. The average molecular weight is 946 g/mol. The highest BCUT2D eigenvalue weighted by molar-refractivity contribution is 8.55. The predicted octanol–water partition coefficient (Wildman–Crippen LogP) is 3.10. The summed E-state index contributed by atoms with van der Waals surface area (Å²) in [7, 11) is -4.99. The molecular weight excluding hydrogens is 900 g/mol. The first-order chi connectivity index (χ1) is 29.9. The number of nitrogens with two attached hydrogens (primary N) is 1. The van der Waals surface area contributed by atoms with Crippen LogP contribution in [0.5, 0.6) is 0 Å². The van der Waals surface area contributed by atoms with E-state index in [1.54, 1.807) is 32.3 Å². The Kier molecular flexibility index (Phi) is 12.7. The number of nitrogen functional groups attached to an aromatic ring is 1. The topological polar surface area (TPSA) is 334 Å². The maximum absolute atomic E-state index is 15.0. The molecule has 29 heteroatoms. The lowest BCUT2D eigenvalue weighted by molar-refractivity contribution is -0.0688. The van der Waals surface area contributed by atoms with Gasteiger partial charge in [0.2, 0.25) is 6.79 Å². The largest absolute Gasteiger partial charge is 0.510 e. The molecule has 11 atom stereocenters. The third-order valence-electron chi connectivity index (χ3n) is 10.9. The van der Waals surface area contributed by atoms with Crippen molar-refractivity contribution in [1.82, 2.24) is 39.0 Å². The van der Waals surface area contributed by atoms with Gasteiger partial charge < -0.3 is 49.2 Å². The van der Waals surface area contributed by atoms with Crippen molar-refractivity contribution in [3.8, 4) is 0 Å². The van der Waals surface area contributed by atoms with E-state index in [-0.39, 0.29) is 40.4 Å². The Bertz CT molecular complexity index is 2520. The van der Waals surface area contributed by atoms with Gasteiger partial charge in [0.25, 0.3) is 5.56 Å². The number of nitrogens with zero attached hydrogens (tertiary/aromatic N) is 7. The molecule has 0 aromatic carbocycles. The number of ether oxygens (including phenoxy) is 5. The molecule has 4 aliphatic rings. The van der Waals surface area contributed by atoms with E-state index in [2.05, 4.69) is 29.9 Å². The molecule has 26 nitrogen and oxygen atoms in total. The number of aryl methyl sites for hydroxylation is 1. The van der Waals surface area contributed by atoms with Gasteiger partial charge in [0.1, 0.15) is 36.0 Å². The van der Waals surface area contributed by atoms with Gasteiger partial charge in [-0.3, -0.25) is 27.5 Å². The van der Waals surface area contributed by atoms with Crippen LogP contribution in [-0.4, -0.2) is 131 Å². The molecule has 0 amide bonds. The molecular formula is C34H45N9O17P2S. The van der Waals surface area contributed by atoms with Crippen molar-refractivity contribution < 1.29 is 75.2 Å². The van der Waals surface area contributed by atoms with E-state index in [0.717, 1.165) is 0 Å². The monoisotopic (exact) mass is 945 g/mol. The van der Waals surface area contributed by atoms with E-state index in [0.29, 0.717) is 11.4 Å². The number of phosphoric acid groups is 1. The summed E-state index contributed by atoms with van der Waals surface area (Å²) in [6.45, 7) is 0.434. The molecule has 2 saturated carbocycles. The molecule has 2 aliphatic heterocycles. The summed E-state index contributed by atoms with van der Waals surface area (Å²) in [5.41, 5.74) is 4.64. The highest BCUT2D eigenvalue weighted by atomic mass is 32.7. The maximum atomic E-state index is 15.0. The SMILES string of the molecule is Cc1nc2c(ncn2[C@@H]2O[C@@H]3CO[P@](=O)(SCOC(=O)OC(C)C)O[C@H]4[C@@H](O)[C@H](n5cnc6c(N)ncnc65)[C@H]5C[C@@]54CO[P@](=O)(OCOC(=O)OC(C)C)O[C@@H]2[C@@H]3CO)c(=O)[nH]1. The van der Waals surface area contributed by atoms with E-state index >= 15 is 9.13 Å². The fourth-order valence-electron chi connectivity index (χ4n) is 8.08. The van der Waals surface area contributed by atoms with Gasteiger partial charge in [0.05, 0.1) is 56.8 Å². The van der Waals surface area contributed by atoms with Crippen LogP contribution in [0.1, 0.15) is 52.2 Å². The summed E-state index contributed by atoms with van der Waals surface area (Å²) in [5, 5.41) is 23.0. The number of hydrogen-bond donors (Lipinski definition) is 4. The fourth-order valence-corrected chi connectivity index (χ4v) is 12.2. The first-order valence-electron chi connectivity index (χ1n) is 19.6. The van der Waals surface area contributed by atoms with Crippen LogP contribution in [0.2, 0.25) is 0 Å². The van der Waals surface area contributed by atoms with E-state index in [1.807, 2.05) is 0 Å². The van der Waals surface area contributed by atoms with Gasteiger partial charge >= 0.3 is 26.9 Å². The van der Waals surface area contributed by atoms with Crippen molar-refractivity contribution in [1.29, 1.82) is 0 Å². The van der Waals surface area contributed by atoms with Gasteiger partial charge in [-0.15, -0.1) is 0 Å². The van der Waals surface area contributed by atoms with Crippen LogP contribution >= 0.6 is 26.0 Å². The molecule has 1 spiro atoms. The van der Waals surface area contributed by atoms with Gasteiger partial charge in [-0.1, -0.05) is 0 Å². The van der Waals surface area contributed by atoms with Crippen molar-refractivity contribution in [3.63, 3.8) is 0 Å². The standard InChI is InChI=1S/C34H45N9O17P2S/c1-15(2)56-32(47)51-13-55-61(49)54-9-34-6-19(34)23(42-11-38-21-27(35)36-10-37-28(21)42)24(45)26(34)60-62(50,63-14-52-33(48)57-16(3)4)53-8-20-18(7-44)25(59-61)31(58-20)43-12-39-22-29(43)40-17(5)41-30(22)46/h10-12,15-16,18-20,23-26,31,44-45H,6-9,13-14H2,1-5H3,(H2,35,36,37)(H,40,41,46)/t18-,19-,20-,23-,24+,25-,26+,31-,34-,61-,62+/m1/s1. The molecule has 8 rings (SSSR count). The van der Waals surface area contributed by atoms with Crippen LogP contribution in [0, 0.1) is 24.2 Å². The number of aliphatic hydroxyl groups excluding tert-OH is 2. The second-order valence-electron chi connectivity index (χ2n) is 15.7. The molecule has 2 saturated heterocycles. The number of H-pyrrole nitrogens is 1. The minimum atomic E-state index is -4.99. The molecule has 4 fully saturated rings. The van der Waals surface area contributed by atoms with E-state index < -0.39 is 131 Å². The molecule has 344 valence electrons. The molecule has 4 aromatic heterocycles. The van der Waals surface area contributed by atoms with Crippen molar-refractivity contribution in [2.24, 2.45) is 17.3 Å². The highest BCUT2D eigenvalue weighted by Crippen LogP contribution is 2.74. The average Bonchev–Trinajstić information content (AvgIpc) is 3.50. The van der Waals surface area contributed by atoms with Crippen LogP contribution in [0.15, 0.2) is 23.8 Å². The number of aromatic amines is 1. The Morgan fingerprint density at radius 2 is 1.73 bits per heavy atom. The zero-order chi connectivity index (χ0) is 45.0. The van der Waals surface area contributed by atoms with E-state index in [9.17, 15) is 24.6 Å². The maximum Gasteiger partial charge on any atom is 0.510 e. The second kappa shape index (κ2) is 17.6. The lowest BCUT2D eigenvalue weighted by Crippen LogP contribution is -2.38. The molecule has 4 aromatic rings. The number of anilines is 1. The fraction of sp³-hybridized carbons (Fsp3) is 0.647. The predicted molar refractivity (Wildman–Crippen MR) is 213 cm³/mol. The minimum Gasteiger partial charge on any atom is -0.432 e. The lowest BCUT2D eigenvalue weighted by atomic mass is 9.99. The van der Waals surface area contributed by atoms with Crippen LogP contribution in [0.4, 0.5) is 15.4 Å². The van der Waals surface area contributed by atoms with Crippen molar-refractivity contribution in [2.45, 2.75) is 89.9 Å². The molecule has 2 bridgehead atoms. The number of aromatic nitrogens is 8. The first-order valence-corrected chi connectivity index (χ1v) is 24.2. The normalized spacial score (nSPS) is 33.0. The number of nitrogens with one attached hydrogen (secondary N) is 1. The zero-order valence-electron chi connectivity index (χ0n) is 34.3. The third-order valence-corrected chi connectivity index (χ3v) is 15.6. The van der Waals surface area contributed by atoms with Crippen LogP contribution < -0.4 is 11.3 Å². The van der Waals surface area contributed by atoms with E-state index in [4.69, 9.17) is 52.0 Å². The quantitative estimate of drug-likeness (QED) is 0.0953. The summed E-state index contributed by atoms with van der Waals surface area (Å²) in [4.78, 5) is 61.3. The van der Waals surface area contributed by atoms with Crippen LogP contribution in [-0.2, 0) is 55.4 Å². The smallest absolute Gasteiger partial charge is 0.432 e. The van der Waals surface area contributed by atoms with Gasteiger partial charge in [0.15, 0.2) is 34.8 Å². The number of rotatable bonds is 11. The summed E-state index contributed by atoms with van der Waals surface area (Å²) >= 11 is 0.466. The lowest BCUT2D eigenvalue weighted by Gasteiger charge is -2.32. The number of aliphatic hydroxyl groups is 2. The number of carbonyl (C=O) groups is 2. The number of fused-ring (bicyclic) bond motifs is 4. The van der Waals surface area contributed by atoms with Gasteiger partial charge in [-0.2, -0.15) is 0 Å². The Labute approximate surface area is 360 Å². The summed E-state index contributed by atoms with van der Waals surface area (Å²) in [6.07, 6.45) is -6.32. The molecule has 0 unspecified atom stereocenters. The molecule has 0 radical (unpaired) electrons. The number of hydrogen-bond acceptors (Lipinski definition) is 24.